The van der Waals surface area contributed by atoms with E-state index < -0.39 is 0 Å². The van der Waals surface area contributed by atoms with Crippen molar-refractivity contribution < 1.29 is 0 Å². The van der Waals surface area contributed by atoms with Gasteiger partial charge in [0.2, 0.25) is 0 Å². The van der Waals surface area contributed by atoms with Crippen molar-refractivity contribution >= 4 is 0 Å². The van der Waals surface area contributed by atoms with Crippen LogP contribution in [-0.2, 0) is 0 Å². The fourth-order valence-corrected chi connectivity index (χ4v) is 2.12. The summed E-state index contributed by atoms with van der Waals surface area (Å²) in [7, 11) is 0. The monoisotopic (exact) mass is 228 g/mol. The van der Waals surface area contributed by atoms with E-state index in [0.717, 1.165) is 12.1 Å². The number of nitrogens with one attached hydrogen (secondary N) is 1. The molecule has 1 saturated heterocycles. The molecular formula is C14H32N2. The molecule has 1 saturated carbocycles. The first-order valence-electron chi connectivity index (χ1n) is 7.26. The zero-order chi connectivity index (χ0) is 12.4. The van der Waals surface area contributed by atoms with Crippen LogP contribution in [0.3, 0.4) is 0 Å². The molecule has 0 amide bonds. The van der Waals surface area contributed by atoms with Crippen LogP contribution in [0, 0.1) is 0 Å². The van der Waals surface area contributed by atoms with E-state index in [1.807, 2.05) is 13.8 Å². The molecule has 1 atom stereocenters. The van der Waals surface area contributed by atoms with Gasteiger partial charge < -0.3 is 5.32 Å². The molecule has 1 heterocycles. The van der Waals surface area contributed by atoms with Gasteiger partial charge in [0.1, 0.15) is 0 Å². The Morgan fingerprint density at radius 2 is 1.75 bits per heavy atom. The van der Waals surface area contributed by atoms with Crippen molar-refractivity contribution in [3.63, 3.8) is 0 Å². The average molecular weight is 228 g/mol. The smallest absolute Gasteiger partial charge is 0.0195 e. The van der Waals surface area contributed by atoms with Gasteiger partial charge in [-0.15, -0.1) is 0 Å². The standard InChI is InChI=1S/C9H18N2.C3H8.C2H6/c1-8-7-10-5-6-11(8)9-3-2-4-9;1-3-2;1-2/h8-10H,2-7H2,1H3;3H2,1-2H3;1-2H3. The van der Waals surface area contributed by atoms with Crippen LogP contribution in [0.4, 0.5) is 0 Å². The van der Waals surface area contributed by atoms with Gasteiger partial charge >= 0.3 is 0 Å². The molecule has 0 aromatic carbocycles. The molecule has 2 heteroatoms. The van der Waals surface area contributed by atoms with Gasteiger partial charge in [-0.2, -0.15) is 0 Å². The molecule has 16 heavy (non-hydrogen) atoms. The molecule has 0 aromatic heterocycles. The lowest BCUT2D eigenvalue weighted by molar-refractivity contribution is 0.0690. The Morgan fingerprint density at radius 1 is 1.19 bits per heavy atom. The Balaban J connectivity index is 0.000000394. The summed E-state index contributed by atoms with van der Waals surface area (Å²) in [5, 5.41) is 3.43. The predicted octanol–water partition coefficient (Wildman–Crippen LogP) is 3.28. The number of hydrogen-bond acceptors (Lipinski definition) is 2. The van der Waals surface area contributed by atoms with Crippen molar-refractivity contribution in [3.05, 3.63) is 0 Å². The quantitative estimate of drug-likeness (QED) is 0.741. The van der Waals surface area contributed by atoms with Crippen LogP contribution in [-0.4, -0.2) is 36.6 Å². The lowest BCUT2D eigenvalue weighted by atomic mass is 9.90. The molecule has 0 aromatic rings. The minimum atomic E-state index is 0.772. The largest absolute Gasteiger partial charge is 0.314 e. The van der Waals surface area contributed by atoms with Gasteiger partial charge in [-0.05, 0) is 19.8 Å². The molecule has 1 unspecified atom stereocenters. The molecular weight excluding hydrogens is 196 g/mol. The Morgan fingerprint density at radius 3 is 2.12 bits per heavy atom. The zero-order valence-electron chi connectivity index (χ0n) is 12.1. The van der Waals surface area contributed by atoms with Gasteiger partial charge in [0, 0.05) is 31.7 Å². The summed E-state index contributed by atoms with van der Waals surface area (Å²) in [4.78, 5) is 2.68. The summed E-state index contributed by atoms with van der Waals surface area (Å²) in [5.41, 5.74) is 0. The molecule has 0 bridgehead atoms. The maximum Gasteiger partial charge on any atom is 0.0195 e. The zero-order valence-corrected chi connectivity index (χ0v) is 12.1. The van der Waals surface area contributed by atoms with Gasteiger partial charge in [-0.3, -0.25) is 4.90 Å². The van der Waals surface area contributed by atoms with Crippen molar-refractivity contribution in [2.24, 2.45) is 0 Å². The minimum absolute atomic E-state index is 0.772. The van der Waals surface area contributed by atoms with E-state index in [0.29, 0.717) is 0 Å². The van der Waals surface area contributed by atoms with Crippen LogP contribution in [0.1, 0.15) is 60.3 Å². The Kier molecular flexibility index (Phi) is 10.0. The van der Waals surface area contributed by atoms with Crippen molar-refractivity contribution in [2.45, 2.75) is 72.4 Å². The van der Waals surface area contributed by atoms with Crippen molar-refractivity contribution in [1.29, 1.82) is 0 Å². The highest BCUT2D eigenvalue weighted by Crippen LogP contribution is 2.26. The third-order valence-electron chi connectivity index (χ3n) is 3.10. The predicted molar refractivity (Wildman–Crippen MR) is 74.0 cm³/mol. The topological polar surface area (TPSA) is 15.3 Å². The number of piperazine rings is 1. The van der Waals surface area contributed by atoms with E-state index in [9.17, 15) is 0 Å². The number of hydrogen-bond donors (Lipinski definition) is 1. The Hall–Kier alpha value is -0.0800. The van der Waals surface area contributed by atoms with Crippen LogP contribution in [0.5, 0.6) is 0 Å². The molecule has 0 spiro atoms. The van der Waals surface area contributed by atoms with Gasteiger partial charge in [0.15, 0.2) is 0 Å². The second-order valence-corrected chi connectivity index (χ2v) is 4.58. The summed E-state index contributed by atoms with van der Waals surface area (Å²) < 4.78 is 0. The lowest BCUT2D eigenvalue weighted by Crippen LogP contribution is -2.55. The summed E-state index contributed by atoms with van der Waals surface area (Å²) in [6, 6.07) is 1.71. The van der Waals surface area contributed by atoms with Gasteiger partial charge in [-0.1, -0.05) is 40.5 Å². The van der Waals surface area contributed by atoms with Crippen LogP contribution >= 0.6 is 0 Å². The maximum absolute atomic E-state index is 3.43. The maximum atomic E-state index is 3.43. The van der Waals surface area contributed by atoms with E-state index in [2.05, 4.69) is 31.0 Å². The fourth-order valence-electron chi connectivity index (χ4n) is 2.12. The van der Waals surface area contributed by atoms with Gasteiger partial charge in [-0.25, -0.2) is 0 Å². The Labute approximate surface area is 103 Å². The summed E-state index contributed by atoms with van der Waals surface area (Å²) in [5.74, 6) is 0. The van der Waals surface area contributed by atoms with Crippen molar-refractivity contribution in [3.8, 4) is 0 Å². The van der Waals surface area contributed by atoms with E-state index >= 15 is 0 Å². The highest BCUT2D eigenvalue weighted by molar-refractivity contribution is 4.86. The molecule has 1 aliphatic carbocycles. The lowest BCUT2D eigenvalue weighted by Gasteiger charge is -2.44. The molecule has 2 rings (SSSR count). The third-order valence-corrected chi connectivity index (χ3v) is 3.10. The molecule has 2 aliphatic rings. The van der Waals surface area contributed by atoms with Crippen molar-refractivity contribution in [1.82, 2.24) is 10.2 Å². The normalized spacial score (nSPS) is 25.7. The van der Waals surface area contributed by atoms with Crippen LogP contribution in [0.2, 0.25) is 0 Å². The van der Waals surface area contributed by atoms with Gasteiger partial charge in [0.25, 0.3) is 0 Å². The highest BCUT2D eigenvalue weighted by Gasteiger charge is 2.29. The molecule has 2 fully saturated rings. The highest BCUT2D eigenvalue weighted by atomic mass is 15.2. The fraction of sp³-hybridized carbons (Fsp3) is 1.00. The van der Waals surface area contributed by atoms with E-state index in [4.69, 9.17) is 0 Å². The van der Waals surface area contributed by atoms with Crippen LogP contribution in [0.15, 0.2) is 0 Å². The summed E-state index contributed by atoms with van der Waals surface area (Å²) in [6.07, 6.45) is 5.61. The van der Waals surface area contributed by atoms with Crippen molar-refractivity contribution in [2.75, 3.05) is 19.6 Å². The summed E-state index contributed by atoms with van der Waals surface area (Å²) >= 11 is 0. The summed E-state index contributed by atoms with van der Waals surface area (Å²) in [6.45, 7) is 14.2. The molecule has 1 aliphatic heterocycles. The van der Waals surface area contributed by atoms with E-state index in [1.165, 1.54) is 45.3 Å². The van der Waals surface area contributed by atoms with E-state index in [-0.39, 0.29) is 0 Å². The molecule has 2 nitrogen and oxygen atoms in total. The average Bonchev–Trinajstić information content (AvgIpc) is 2.23. The minimum Gasteiger partial charge on any atom is -0.314 e. The SMILES string of the molecule is CC.CC1CNCCN1C1CCC1.CCC. The van der Waals surface area contributed by atoms with E-state index in [1.54, 1.807) is 0 Å². The molecule has 1 N–H and O–H groups in total. The number of nitrogens with zero attached hydrogens (tertiary/aromatic N) is 1. The van der Waals surface area contributed by atoms with Crippen LogP contribution in [0.25, 0.3) is 0 Å². The second-order valence-electron chi connectivity index (χ2n) is 4.58. The second kappa shape index (κ2) is 10.1. The first-order valence-corrected chi connectivity index (χ1v) is 7.26. The van der Waals surface area contributed by atoms with Gasteiger partial charge in [0.05, 0.1) is 0 Å². The first-order chi connectivity index (χ1) is 7.79. The molecule has 0 radical (unpaired) electrons. The van der Waals surface area contributed by atoms with Crippen LogP contribution < -0.4 is 5.32 Å². The Bertz CT molecular complexity index is 142. The first kappa shape index (κ1) is 15.9. The third kappa shape index (κ3) is 5.31. The molecule has 98 valence electrons. The number of rotatable bonds is 1.